The molecule has 0 saturated heterocycles. The van der Waals surface area contributed by atoms with Crippen LogP contribution < -0.4 is 10.2 Å². The van der Waals surface area contributed by atoms with Crippen LogP contribution in [0, 0.1) is 6.92 Å². The van der Waals surface area contributed by atoms with E-state index >= 15 is 0 Å². The molecule has 0 fully saturated rings. The maximum Gasteiger partial charge on any atom is 0.246 e. The van der Waals surface area contributed by atoms with Crippen LogP contribution in [0.4, 0.5) is 11.4 Å². The minimum Gasteiger partial charge on any atom is -0.373 e. The summed E-state index contributed by atoms with van der Waals surface area (Å²) in [7, 11) is 0. The van der Waals surface area contributed by atoms with E-state index in [-0.39, 0.29) is 5.91 Å². The van der Waals surface area contributed by atoms with Crippen molar-refractivity contribution in [3.63, 3.8) is 0 Å². The van der Waals surface area contributed by atoms with Gasteiger partial charge in [-0.25, -0.2) is 0 Å². The summed E-state index contributed by atoms with van der Waals surface area (Å²) in [5.41, 5.74) is 2.85. The third-order valence-electron chi connectivity index (χ3n) is 2.67. The van der Waals surface area contributed by atoms with Gasteiger partial charge in [0.05, 0.1) is 22.9 Å². The highest BCUT2D eigenvalue weighted by Crippen LogP contribution is 2.36. The Balaban J connectivity index is 2.49. The fourth-order valence-electron chi connectivity index (χ4n) is 1.97. The van der Waals surface area contributed by atoms with Gasteiger partial charge in [-0.15, -0.1) is 0 Å². The predicted octanol–water partition coefficient (Wildman–Crippen LogP) is 2.82. The lowest BCUT2D eigenvalue weighted by molar-refractivity contribution is -0.117. The molecule has 1 N–H and O–H groups in total. The van der Waals surface area contributed by atoms with Crippen LogP contribution in [0.3, 0.4) is 0 Å². The number of fused-ring (bicyclic) bond motifs is 1. The van der Waals surface area contributed by atoms with Crippen LogP contribution in [0.25, 0.3) is 0 Å². The first-order valence-corrected chi connectivity index (χ1v) is 5.85. The van der Waals surface area contributed by atoms with Crippen molar-refractivity contribution in [2.45, 2.75) is 20.3 Å². The number of halogens is 1. The molecule has 16 heavy (non-hydrogen) atoms. The minimum atomic E-state index is 0.107. The number of anilines is 2. The molecule has 86 valence electrons. The van der Waals surface area contributed by atoms with E-state index < -0.39 is 0 Å². The normalized spacial score (nSPS) is 14.7. The summed E-state index contributed by atoms with van der Waals surface area (Å²) >= 11 is 6.16. The summed E-state index contributed by atoms with van der Waals surface area (Å²) in [5.74, 6) is 0.107. The number of rotatable bonds is 2. The smallest absolute Gasteiger partial charge is 0.246 e. The molecule has 0 aromatic heterocycles. The van der Waals surface area contributed by atoms with E-state index in [2.05, 4.69) is 12.2 Å². The third-order valence-corrected chi connectivity index (χ3v) is 2.97. The number of carbonyl (C=O) groups excluding carboxylic acids is 1. The van der Waals surface area contributed by atoms with Crippen LogP contribution in [-0.4, -0.2) is 19.0 Å². The molecule has 4 heteroatoms. The standard InChI is InChI=1S/C12H15ClN2O/c1-3-4-15-10-6-8(2)5-9(13)12(10)14-7-11(15)16/h5-6,14H,3-4,7H2,1-2H3. The van der Waals surface area contributed by atoms with Crippen LogP contribution in [0.1, 0.15) is 18.9 Å². The van der Waals surface area contributed by atoms with Crippen molar-refractivity contribution in [1.29, 1.82) is 0 Å². The molecular weight excluding hydrogens is 224 g/mol. The number of hydrogen-bond acceptors (Lipinski definition) is 2. The molecule has 1 aromatic rings. The van der Waals surface area contributed by atoms with E-state index in [9.17, 15) is 4.79 Å². The highest BCUT2D eigenvalue weighted by atomic mass is 35.5. The van der Waals surface area contributed by atoms with E-state index in [1.165, 1.54) is 0 Å². The van der Waals surface area contributed by atoms with E-state index in [0.717, 1.165) is 29.9 Å². The van der Waals surface area contributed by atoms with Crippen molar-refractivity contribution in [2.75, 3.05) is 23.3 Å². The molecule has 0 atom stereocenters. The van der Waals surface area contributed by atoms with Gasteiger partial charge in [0.2, 0.25) is 5.91 Å². The Hall–Kier alpha value is -1.22. The number of carbonyl (C=O) groups is 1. The third kappa shape index (κ3) is 1.87. The second kappa shape index (κ2) is 4.34. The van der Waals surface area contributed by atoms with Crippen molar-refractivity contribution >= 4 is 28.9 Å². The topological polar surface area (TPSA) is 32.3 Å². The minimum absolute atomic E-state index is 0.107. The van der Waals surface area contributed by atoms with Crippen LogP contribution in [-0.2, 0) is 4.79 Å². The van der Waals surface area contributed by atoms with Crippen molar-refractivity contribution < 1.29 is 4.79 Å². The number of nitrogens with one attached hydrogen (secondary N) is 1. The van der Waals surface area contributed by atoms with Gasteiger partial charge in [0.15, 0.2) is 0 Å². The number of nitrogens with zero attached hydrogens (tertiary/aromatic N) is 1. The van der Waals surface area contributed by atoms with Gasteiger partial charge in [0, 0.05) is 6.54 Å². The van der Waals surface area contributed by atoms with Crippen molar-refractivity contribution in [1.82, 2.24) is 0 Å². The lowest BCUT2D eigenvalue weighted by Gasteiger charge is -2.31. The summed E-state index contributed by atoms with van der Waals surface area (Å²) in [6.45, 7) is 5.12. The fraction of sp³-hybridized carbons (Fsp3) is 0.417. The molecule has 1 amide bonds. The summed E-state index contributed by atoms with van der Waals surface area (Å²) in [6.07, 6.45) is 0.941. The summed E-state index contributed by atoms with van der Waals surface area (Å²) in [5, 5.41) is 3.76. The van der Waals surface area contributed by atoms with Crippen LogP contribution >= 0.6 is 11.6 Å². The molecule has 0 saturated carbocycles. The van der Waals surface area contributed by atoms with Gasteiger partial charge in [0.1, 0.15) is 0 Å². The second-order valence-corrected chi connectivity index (χ2v) is 4.45. The average molecular weight is 239 g/mol. The van der Waals surface area contributed by atoms with Crippen molar-refractivity contribution in [3.05, 3.63) is 22.7 Å². The Morgan fingerprint density at radius 3 is 2.94 bits per heavy atom. The zero-order chi connectivity index (χ0) is 11.7. The Morgan fingerprint density at radius 1 is 1.50 bits per heavy atom. The molecule has 0 spiro atoms. The predicted molar refractivity (Wildman–Crippen MR) is 67.3 cm³/mol. The monoisotopic (exact) mass is 238 g/mol. The summed E-state index contributed by atoms with van der Waals surface area (Å²) < 4.78 is 0. The summed E-state index contributed by atoms with van der Waals surface area (Å²) in [4.78, 5) is 13.6. The van der Waals surface area contributed by atoms with Crippen LogP contribution in [0.2, 0.25) is 5.02 Å². The van der Waals surface area contributed by atoms with Crippen LogP contribution in [0.5, 0.6) is 0 Å². The first-order chi connectivity index (χ1) is 7.63. The molecule has 0 aliphatic carbocycles. The van der Waals surface area contributed by atoms with E-state index in [4.69, 9.17) is 11.6 Å². The molecule has 3 nitrogen and oxygen atoms in total. The number of benzene rings is 1. The zero-order valence-electron chi connectivity index (χ0n) is 9.51. The van der Waals surface area contributed by atoms with E-state index in [1.807, 2.05) is 24.0 Å². The molecule has 1 aliphatic heterocycles. The van der Waals surface area contributed by atoms with Gasteiger partial charge < -0.3 is 10.2 Å². The largest absolute Gasteiger partial charge is 0.373 e. The Labute approximate surface area is 100 Å². The van der Waals surface area contributed by atoms with Gasteiger partial charge in [-0.05, 0) is 31.0 Å². The molecule has 0 bridgehead atoms. The Kier molecular flexibility index (Phi) is 3.06. The molecule has 1 heterocycles. The SMILES string of the molecule is CCCN1C(=O)CNc2c(Cl)cc(C)cc21. The van der Waals surface area contributed by atoms with Crippen molar-refractivity contribution in [2.24, 2.45) is 0 Å². The highest BCUT2D eigenvalue weighted by Gasteiger charge is 2.24. The number of aryl methyl sites for hydroxylation is 1. The summed E-state index contributed by atoms with van der Waals surface area (Å²) in [6, 6.07) is 3.91. The van der Waals surface area contributed by atoms with E-state index in [1.54, 1.807) is 0 Å². The molecule has 2 rings (SSSR count). The lowest BCUT2D eigenvalue weighted by Crippen LogP contribution is -2.40. The number of amides is 1. The van der Waals surface area contributed by atoms with Gasteiger partial charge in [0.25, 0.3) is 0 Å². The van der Waals surface area contributed by atoms with Crippen molar-refractivity contribution in [3.8, 4) is 0 Å². The maximum atomic E-state index is 11.8. The molecule has 0 radical (unpaired) electrons. The maximum absolute atomic E-state index is 11.8. The van der Waals surface area contributed by atoms with Gasteiger partial charge in [-0.1, -0.05) is 18.5 Å². The molecule has 0 unspecified atom stereocenters. The number of hydrogen-bond donors (Lipinski definition) is 1. The molecular formula is C12H15ClN2O. The average Bonchev–Trinajstić information content (AvgIpc) is 2.22. The zero-order valence-corrected chi connectivity index (χ0v) is 10.3. The highest BCUT2D eigenvalue weighted by molar-refractivity contribution is 6.34. The second-order valence-electron chi connectivity index (χ2n) is 4.04. The van der Waals surface area contributed by atoms with Gasteiger partial charge >= 0.3 is 0 Å². The van der Waals surface area contributed by atoms with E-state index in [0.29, 0.717) is 11.6 Å². The molecule has 1 aromatic carbocycles. The Bertz CT molecular complexity index is 431. The first kappa shape index (κ1) is 11.3. The van der Waals surface area contributed by atoms with Crippen LogP contribution in [0.15, 0.2) is 12.1 Å². The Morgan fingerprint density at radius 2 is 2.25 bits per heavy atom. The van der Waals surface area contributed by atoms with Gasteiger partial charge in [-0.3, -0.25) is 4.79 Å². The quantitative estimate of drug-likeness (QED) is 0.859. The fourth-order valence-corrected chi connectivity index (χ4v) is 2.31. The molecule has 1 aliphatic rings. The van der Waals surface area contributed by atoms with Gasteiger partial charge in [-0.2, -0.15) is 0 Å². The first-order valence-electron chi connectivity index (χ1n) is 5.48. The lowest BCUT2D eigenvalue weighted by atomic mass is 10.1.